The van der Waals surface area contributed by atoms with Crippen molar-refractivity contribution in [2.24, 2.45) is 10.3 Å². The smallest absolute Gasteiger partial charge is 0.283 e. The quantitative estimate of drug-likeness (QED) is 0.789. The van der Waals surface area contributed by atoms with Crippen LogP contribution in [0.2, 0.25) is 0 Å². The Hall–Kier alpha value is -3.00. The summed E-state index contributed by atoms with van der Waals surface area (Å²) in [5.74, 6) is -0.884. The number of aliphatic hydroxyl groups is 1. The fourth-order valence-corrected chi connectivity index (χ4v) is 5.09. The summed E-state index contributed by atoms with van der Waals surface area (Å²) in [4.78, 5) is 14.9. The zero-order chi connectivity index (χ0) is 21.6. The maximum Gasteiger partial charge on any atom is 0.283 e. The standard InChI is InChI=1S/C22H21FN2O4S/c1-13(2)11-17-21(26)19(20-16-5-3-4-6-18(16)30(28,29)24-20)22(27)25(17)12-14-7-9-15(23)10-8-14/h3-10,13,17,26H,11-12H2,1-2H3/t17-/m0/s1. The first-order chi connectivity index (χ1) is 14.2. The van der Waals surface area contributed by atoms with Gasteiger partial charge in [0.15, 0.2) is 0 Å². The zero-order valence-corrected chi connectivity index (χ0v) is 17.4. The number of aliphatic hydroxyl groups excluding tert-OH is 1. The van der Waals surface area contributed by atoms with Gasteiger partial charge < -0.3 is 10.0 Å². The van der Waals surface area contributed by atoms with Crippen molar-refractivity contribution in [1.82, 2.24) is 4.90 Å². The highest BCUT2D eigenvalue weighted by Crippen LogP contribution is 2.36. The first-order valence-corrected chi connectivity index (χ1v) is 11.1. The molecule has 0 radical (unpaired) electrons. The van der Waals surface area contributed by atoms with E-state index >= 15 is 0 Å². The average molecular weight is 428 g/mol. The van der Waals surface area contributed by atoms with Crippen molar-refractivity contribution in [2.45, 2.75) is 37.8 Å². The molecule has 2 aromatic carbocycles. The van der Waals surface area contributed by atoms with E-state index in [-0.39, 0.29) is 40.2 Å². The van der Waals surface area contributed by atoms with Crippen molar-refractivity contribution in [3.05, 3.63) is 76.8 Å². The summed E-state index contributed by atoms with van der Waals surface area (Å²) >= 11 is 0. The van der Waals surface area contributed by atoms with Gasteiger partial charge in [0, 0.05) is 12.1 Å². The van der Waals surface area contributed by atoms with Gasteiger partial charge in [0.2, 0.25) is 0 Å². The van der Waals surface area contributed by atoms with Crippen LogP contribution in [0, 0.1) is 11.7 Å². The summed E-state index contributed by atoms with van der Waals surface area (Å²) in [6.45, 7) is 4.10. The number of hydrogen-bond acceptors (Lipinski definition) is 4. The van der Waals surface area contributed by atoms with Crippen molar-refractivity contribution < 1.29 is 22.7 Å². The summed E-state index contributed by atoms with van der Waals surface area (Å²) in [6, 6.07) is 11.4. The monoisotopic (exact) mass is 428 g/mol. The van der Waals surface area contributed by atoms with E-state index in [9.17, 15) is 22.7 Å². The molecule has 0 spiro atoms. The first-order valence-electron chi connectivity index (χ1n) is 9.62. The van der Waals surface area contributed by atoms with Crippen molar-refractivity contribution in [3.63, 3.8) is 0 Å². The van der Waals surface area contributed by atoms with Crippen molar-refractivity contribution in [1.29, 1.82) is 0 Å². The first kappa shape index (κ1) is 20.3. The molecule has 2 heterocycles. The van der Waals surface area contributed by atoms with E-state index in [1.165, 1.54) is 23.1 Å². The lowest BCUT2D eigenvalue weighted by atomic mass is 9.98. The molecule has 2 aromatic rings. The topological polar surface area (TPSA) is 87.0 Å². The molecule has 2 aliphatic heterocycles. The highest BCUT2D eigenvalue weighted by Gasteiger charge is 2.44. The lowest BCUT2D eigenvalue weighted by Crippen LogP contribution is -2.36. The van der Waals surface area contributed by atoms with Gasteiger partial charge in [-0.05, 0) is 36.1 Å². The maximum absolute atomic E-state index is 13.3. The second-order valence-corrected chi connectivity index (χ2v) is 9.45. The minimum atomic E-state index is -3.93. The molecular weight excluding hydrogens is 407 g/mol. The van der Waals surface area contributed by atoms with Gasteiger partial charge in [-0.3, -0.25) is 4.79 Å². The van der Waals surface area contributed by atoms with Crippen LogP contribution in [-0.4, -0.2) is 36.1 Å². The Bertz CT molecular complexity index is 1180. The van der Waals surface area contributed by atoms with Gasteiger partial charge in [-0.1, -0.05) is 44.2 Å². The van der Waals surface area contributed by atoms with Crippen LogP contribution in [0.4, 0.5) is 4.39 Å². The normalized spacial score (nSPS) is 20.1. The van der Waals surface area contributed by atoms with Crippen molar-refractivity contribution in [2.75, 3.05) is 0 Å². The molecule has 1 amide bonds. The molecule has 1 N–H and O–H groups in total. The number of carbonyl (C=O) groups excluding carboxylic acids is 1. The predicted molar refractivity (Wildman–Crippen MR) is 110 cm³/mol. The summed E-state index contributed by atoms with van der Waals surface area (Å²) in [5.41, 5.74) is 0.896. The van der Waals surface area contributed by atoms with E-state index in [1.807, 2.05) is 13.8 Å². The molecule has 30 heavy (non-hydrogen) atoms. The van der Waals surface area contributed by atoms with Gasteiger partial charge >= 0.3 is 0 Å². The molecule has 0 bridgehead atoms. The predicted octanol–water partition coefficient (Wildman–Crippen LogP) is 3.59. The van der Waals surface area contributed by atoms with Gasteiger partial charge in [0.25, 0.3) is 15.9 Å². The number of carbonyl (C=O) groups is 1. The fourth-order valence-electron chi connectivity index (χ4n) is 3.87. The lowest BCUT2D eigenvalue weighted by molar-refractivity contribution is -0.127. The Balaban J connectivity index is 1.77. The van der Waals surface area contributed by atoms with Gasteiger partial charge in [-0.15, -0.1) is 0 Å². The molecule has 4 rings (SSSR count). The Morgan fingerprint density at radius 3 is 2.47 bits per heavy atom. The summed E-state index contributed by atoms with van der Waals surface area (Å²) in [6.07, 6.45) is 0.490. The lowest BCUT2D eigenvalue weighted by Gasteiger charge is -2.26. The van der Waals surface area contributed by atoms with E-state index in [4.69, 9.17) is 0 Å². The Labute approximate surface area is 174 Å². The molecular formula is C22H21FN2O4S. The number of benzene rings is 2. The molecule has 0 unspecified atom stereocenters. The second kappa shape index (κ2) is 7.36. The number of halogens is 1. The summed E-state index contributed by atoms with van der Waals surface area (Å²) < 4.78 is 42.0. The van der Waals surface area contributed by atoms with Crippen LogP contribution in [0.15, 0.2) is 69.2 Å². The Kier molecular flexibility index (Phi) is 4.97. The Morgan fingerprint density at radius 2 is 1.80 bits per heavy atom. The highest BCUT2D eigenvalue weighted by atomic mass is 32.2. The van der Waals surface area contributed by atoms with Crippen LogP contribution in [0.1, 0.15) is 31.4 Å². The molecule has 0 saturated heterocycles. The Morgan fingerprint density at radius 1 is 1.13 bits per heavy atom. The molecule has 8 heteroatoms. The molecule has 0 saturated carbocycles. The number of fused-ring (bicyclic) bond motifs is 1. The number of nitrogens with zero attached hydrogens (tertiary/aromatic N) is 2. The number of sulfonamides is 1. The van der Waals surface area contributed by atoms with E-state index < -0.39 is 22.0 Å². The van der Waals surface area contributed by atoms with E-state index in [0.717, 1.165) is 0 Å². The third kappa shape index (κ3) is 3.41. The van der Waals surface area contributed by atoms with Gasteiger partial charge in [-0.25, -0.2) is 4.39 Å². The fraction of sp³-hybridized carbons (Fsp3) is 0.273. The minimum Gasteiger partial charge on any atom is -0.509 e. The van der Waals surface area contributed by atoms with Crippen molar-refractivity contribution >= 4 is 21.6 Å². The molecule has 6 nitrogen and oxygen atoms in total. The highest BCUT2D eigenvalue weighted by molar-refractivity contribution is 7.90. The van der Waals surface area contributed by atoms with Crippen LogP contribution in [0.3, 0.4) is 0 Å². The van der Waals surface area contributed by atoms with E-state index in [2.05, 4.69) is 4.40 Å². The second-order valence-electron chi connectivity index (χ2n) is 7.88. The van der Waals surface area contributed by atoms with Gasteiger partial charge in [0.1, 0.15) is 22.9 Å². The van der Waals surface area contributed by atoms with E-state index in [1.54, 1.807) is 30.3 Å². The molecule has 1 atom stereocenters. The van der Waals surface area contributed by atoms with Crippen LogP contribution in [0.25, 0.3) is 0 Å². The van der Waals surface area contributed by atoms with Crippen LogP contribution in [-0.2, 0) is 21.4 Å². The summed E-state index contributed by atoms with van der Waals surface area (Å²) in [5, 5.41) is 11.0. The average Bonchev–Trinajstić information content (AvgIpc) is 3.08. The molecule has 0 aromatic heterocycles. The SMILES string of the molecule is CC(C)C[C@H]1C(O)=C(C2=NS(=O)(=O)c3ccccc32)C(=O)N1Cc1ccc(F)cc1. The molecule has 156 valence electrons. The molecule has 0 aliphatic carbocycles. The largest absolute Gasteiger partial charge is 0.509 e. The molecule has 0 fully saturated rings. The minimum absolute atomic E-state index is 0.0190. The van der Waals surface area contributed by atoms with Crippen LogP contribution >= 0.6 is 0 Å². The third-order valence-electron chi connectivity index (χ3n) is 5.25. The van der Waals surface area contributed by atoms with Crippen LogP contribution < -0.4 is 0 Å². The van der Waals surface area contributed by atoms with Gasteiger partial charge in [0.05, 0.1) is 10.9 Å². The third-order valence-corrected chi connectivity index (χ3v) is 6.59. The number of amides is 1. The number of rotatable bonds is 5. The van der Waals surface area contributed by atoms with Gasteiger partial charge in [-0.2, -0.15) is 12.8 Å². The van der Waals surface area contributed by atoms with Crippen LogP contribution in [0.5, 0.6) is 0 Å². The van der Waals surface area contributed by atoms with Crippen molar-refractivity contribution in [3.8, 4) is 0 Å². The number of hydrogen-bond donors (Lipinski definition) is 1. The maximum atomic E-state index is 13.3. The molecule has 2 aliphatic rings. The zero-order valence-electron chi connectivity index (χ0n) is 16.5. The summed E-state index contributed by atoms with van der Waals surface area (Å²) in [7, 11) is -3.93. The van der Waals surface area contributed by atoms with E-state index in [0.29, 0.717) is 17.5 Å².